The molecule has 1 aromatic heterocycles. The van der Waals surface area contributed by atoms with Crippen molar-refractivity contribution in [3.63, 3.8) is 0 Å². The fourth-order valence-electron chi connectivity index (χ4n) is 1.22. The van der Waals surface area contributed by atoms with Crippen LogP contribution in [0.2, 0.25) is 0 Å². The van der Waals surface area contributed by atoms with Gasteiger partial charge >= 0.3 is 0 Å². The minimum Gasteiger partial charge on any atom is -0.396 e. The van der Waals surface area contributed by atoms with Gasteiger partial charge < -0.3 is 10.4 Å². The molecule has 1 heterocycles. The number of aromatic nitrogens is 1. The molecule has 0 aliphatic heterocycles. The van der Waals surface area contributed by atoms with Crippen LogP contribution < -0.4 is 5.32 Å². The minimum absolute atomic E-state index is 0.192. The lowest BCUT2D eigenvalue weighted by atomic mass is 10.2. The van der Waals surface area contributed by atoms with Gasteiger partial charge in [0.15, 0.2) is 0 Å². The highest BCUT2D eigenvalue weighted by atomic mass is 16.2. The fourth-order valence-corrected chi connectivity index (χ4v) is 1.22. The van der Waals surface area contributed by atoms with E-state index in [1.54, 1.807) is 0 Å². The SMILES string of the molecule is OCCc1ccc(NC2CC2)nc1. The largest absolute Gasteiger partial charge is 0.396 e. The number of aliphatic hydroxyl groups excluding tert-OH is 1. The second kappa shape index (κ2) is 3.75. The summed E-state index contributed by atoms with van der Waals surface area (Å²) >= 11 is 0. The number of hydrogen-bond donors (Lipinski definition) is 2. The van der Waals surface area contributed by atoms with E-state index >= 15 is 0 Å². The van der Waals surface area contributed by atoms with Crippen molar-refractivity contribution < 1.29 is 5.11 Å². The summed E-state index contributed by atoms with van der Waals surface area (Å²) in [5.41, 5.74) is 1.09. The molecule has 2 N–H and O–H groups in total. The Balaban J connectivity index is 1.95. The van der Waals surface area contributed by atoms with Crippen LogP contribution in [0.5, 0.6) is 0 Å². The maximum Gasteiger partial charge on any atom is 0.126 e. The van der Waals surface area contributed by atoms with Gasteiger partial charge in [-0.3, -0.25) is 0 Å². The van der Waals surface area contributed by atoms with Crippen molar-refractivity contribution >= 4 is 5.82 Å². The van der Waals surface area contributed by atoms with Crippen LogP contribution in [0.4, 0.5) is 5.82 Å². The van der Waals surface area contributed by atoms with Gasteiger partial charge in [-0.05, 0) is 30.9 Å². The Kier molecular flexibility index (Phi) is 2.45. The summed E-state index contributed by atoms with van der Waals surface area (Å²) in [4.78, 5) is 4.26. The predicted octanol–water partition coefficient (Wildman–Crippen LogP) is 1.19. The van der Waals surface area contributed by atoms with E-state index < -0.39 is 0 Å². The molecule has 0 radical (unpaired) electrons. The maximum absolute atomic E-state index is 8.70. The van der Waals surface area contributed by atoms with Crippen molar-refractivity contribution in [2.75, 3.05) is 11.9 Å². The molecular weight excluding hydrogens is 164 g/mol. The lowest BCUT2D eigenvalue weighted by Gasteiger charge is -2.03. The van der Waals surface area contributed by atoms with E-state index in [1.807, 2.05) is 18.3 Å². The van der Waals surface area contributed by atoms with Gasteiger partial charge in [-0.1, -0.05) is 6.07 Å². The number of nitrogens with one attached hydrogen (secondary N) is 1. The summed E-state index contributed by atoms with van der Waals surface area (Å²) in [6, 6.07) is 4.63. The zero-order valence-electron chi connectivity index (χ0n) is 7.53. The molecule has 0 atom stereocenters. The Hall–Kier alpha value is -1.09. The molecule has 0 amide bonds. The van der Waals surface area contributed by atoms with Crippen molar-refractivity contribution in [3.05, 3.63) is 23.9 Å². The lowest BCUT2D eigenvalue weighted by molar-refractivity contribution is 0.299. The molecule has 0 bridgehead atoms. The molecule has 13 heavy (non-hydrogen) atoms. The first-order chi connectivity index (χ1) is 6.38. The molecule has 3 heteroatoms. The highest BCUT2D eigenvalue weighted by molar-refractivity contribution is 5.37. The summed E-state index contributed by atoms with van der Waals surface area (Å²) < 4.78 is 0. The van der Waals surface area contributed by atoms with Gasteiger partial charge in [-0.15, -0.1) is 0 Å². The average Bonchev–Trinajstić information content (AvgIpc) is 2.93. The molecule has 1 fully saturated rings. The number of hydrogen-bond acceptors (Lipinski definition) is 3. The Morgan fingerprint density at radius 1 is 1.46 bits per heavy atom. The third kappa shape index (κ3) is 2.42. The summed E-state index contributed by atoms with van der Waals surface area (Å²) in [5, 5.41) is 12.0. The van der Waals surface area contributed by atoms with Crippen LogP contribution in [0.15, 0.2) is 18.3 Å². The van der Waals surface area contributed by atoms with Crippen LogP contribution in [0.1, 0.15) is 18.4 Å². The number of aliphatic hydroxyl groups is 1. The van der Waals surface area contributed by atoms with E-state index in [9.17, 15) is 0 Å². The molecule has 1 aromatic rings. The Morgan fingerprint density at radius 3 is 2.85 bits per heavy atom. The van der Waals surface area contributed by atoms with Crippen molar-refractivity contribution in [1.82, 2.24) is 4.98 Å². The number of anilines is 1. The molecule has 1 aliphatic rings. The first-order valence-electron chi connectivity index (χ1n) is 4.71. The number of pyridine rings is 1. The standard InChI is InChI=1S/C10H14N2O/c13-6-5-8-1-4-10(11-7-8)12-9-2-3-9/h1,4,7,9,13H,2-3,5-6H2,(H,11,12). The normalized spacial score (nSPS) is 15.8. The number of nitrogens with zero attached hydrogens (tertiary/aromatic N) is 1. The van der Waals surface area contributed by atoms with Gasteiger partial charge in [0, 0.05) is 18.8 Å². The first kappa shape index (κ1) is 8.51. The minimum atomic E-state index is 0.192. The molecule has 1 aliphatic carbocycles. The third-order valence-corrected chi connectivity index (χ3v) is 2.15. The molecule has 2 rings (SSSR count). The van der Waals surface area contributed by atoms with E-state index in [0.717, 1.165) is 11.4 Å². The summed E-state index contributed by atoms with van der Waals surface area (Å²) in [6.45, 7) is 0.192. The smallest absolute Gasteiger partial charge is 0.126 e. The zero-order valence-corrected chi connectivity index (χ0v) is 7.53. The van der Waals surface area contributed by atoms with Crippen molar-refractivity contribution in [2.45, 2.75) is 25.3 Å². The predicted molar refractivity (Wildman–Crippen MR) is 51.7 cm³/mol. The summed E-state index contributed by atoms with van der Waals surface area (Å²) in [6.07, 6.45) is 5.04. The van der Waals surface area contributed by atoms with E-state index in [2.05, 4.69) is 10.3 Å². The second-order valence-electron chi connectivity index (χ2n) is 3.44. The van der Waals surface area contributed by atoms with Crippen LogP contribution in [-0.4, -0.2) is 22.7 Å². The van der Waals surface area contributed by atoms with Crippen LogP contribution in [0.25, 0.3) is 0 Å². The van der Waals surface area contributed by atoms with Gasteiger partial charge in [0.2, 0.25) is 0 Å². The quantitative estimate of drug-likeness (QED) is 0.728. The summed E-state index contributed by atoms with van der Waals surface area (Å²) in [7, 11) is 0. The summed E-state index contributed by atoms with van der Waals surface area (Å²) in [5.74, 6) is 0.948. The number of rotatable bonds is 4. The second-order valence-corrected chi connectivity index (χ2v) is 3.44. The van der Waals surface area contributed by atoms with Crippen LogP contribution in [0.3, 0.4) is 0 Å². The highest BCUT2D eigenvalue weighted by Gasteiger charge is 2.20. The molecule has 70 valence electrons. The molecule has 0 spiro atoms. The highest BCUT2D eigenvalue weighted by Crippen LogP contribution is 2.23. The maximum atomic E-state index is 8.70. The van der Waals surface area contributed by atoms with Crippen LogP contribution in [0, 0.1) is 0 Å². The molecule has 0 aromatic carbocycles. The van der Waals surface area contributed by atoms with Crippen molar-refractivity contribution in [1.29, 1.82) is 0 Å². The van der Waals surface area contributed by atoms with Gasteiger partial charge in [-0.25, -0.2) is 4.98 Å². The van der Waals surface area contributed by atoms with Gasteiger partial charge in [0.25, 0.3) is 0 Å². The first-order valence-corrected chi connectivity index (χ1v) is 4.71. The van der Waals surface area contributed by atoms with Gasteiger partial charge in [0.1, 0.15) is 5.82 Å². The van der Waals surface area contributed by atoms with Crippen molar-refractivity contribution in [3.8, 4) is 0 Å². The van der Waals surface area contributed by atoms with Crippen LogP contribution >= 0.6 is 0 Å². The van der Waals surface area contributed by atoms with E-state index in [1.165, 1.54) is 12.8 Å². The van der Waals surface area contributed by atoms with E-state index in [-0.39, 0.29) is 6.61 Å². The monoisotopic (exact) mass is 178 g/mol. The Bertz CT molecular complexity index is 267. The fraction of sp³-hybridized carbons (Fsp3) is 0.500. The third-order valence-electron chi connectivity index (χ3n) is 2.15. The van der Waals surface area contributed by atoms with E-state index in [4.69, 9.17) is 5.11 Å². The molecule has 0 saturated heterocycles. The molecule has 3 nitrogen and oxygen atoms in total. The van der Waals surface area contributed by atoms with Crippen molar-refractivity contribution in [2.24, 2.45) is 0 Å². The molecule has 1 saturated carbocycles. The Labute approximate surface area is 77.8 Å². The van der Waals surface area contributed by atoms with Crippen LogP contribution in [-0.2, 0) is 6.42 Å². The van der Waals surface area contributed by atoms with Gasteiger partial charge in [0.05, 0.1) is 0 Å². The molecule has 0 unspecified atom stereocenters. The lowest BCUT2D eigenvalue weighted by Crippen LogP contribution is -2.03. The molecular formula is C10H14N2O. The van der Waals surface area contributed by atoms with Gasteiger partial charge in [-0.2, -0.15) is 0 Å². The zero-order chi connectivity index (χ0) is 9.10. The Morgan fingerprint density at radius 2 is 2.31 bits per heavy atom. The van der Waals surface area contributed by atoms with E-state index in [0.29, 0.717) is 12.5 Å². The average molecular weight is 178 g/mol. The topological polar surface area (TPSA) is 45.1 Å².